The van der Waals surface area contributed by atoms with Crippen LogP contribution in [0.2, 0.25) is 0 Å². The largest absolute Gasteiger partial charge is 0.507 e. The molecule has 20 heavy (non-hydrogen) atoms. The van der Waals surface area contributed by atoms with Gasteiger partial charge < -0.3 is 19.7 Å². The van der Waals surface area contributed by atoms with Gasteiger partial charge in [0, 0.05) is 17.7 Å². The fourth-order valence-corrected chi connectivity index (χ4v) is 1.99. The molecule has 0 aliphatic rings. The molecule has 0 unspecified atom stereocenters. The van der Waals surface area contributed by atoms with Gasteiger partial charge in [0.1, 0.15) is 28.2 Å². The number of aliphatic hydroxyl groups is 1. The SMILES string of the molecule is C/C(=C\Cc1c(O)cc2oc(C)cc(=O)c2c1O)CO. The molecule has 0 fully saturated rings. The van der Waals surface area contributed by atoms with Gasteiger partial charge in [-0.2, -0.15) is 0 Å². The molecular formula is C15H16O5. The number of allylic oxidation sites excluding steroid dienone is 1. The Hall–Kier alpha value is -2.27. The second-order valence-corrected chi connectivity index (χ2v) is 4.73. The highest BCUT2D eigenvalue weighted by molar-refractivity contribution is 5.86. The molecule has 2 aromatic rings. The summed E-state index contributed by atoms with van der Waals surface area (Å²) >= 11 is 0. The minimum atomic E-state index is -0.356. The van der Waals surface area contributed by atoms with Crippen LogP contribution in [0.25, 0.3) is 11.0 Å². The number of phenols is 2. The molecule has 106 valence electrons. The number of fused-ring (bicyclic) bond motifs is 1. The van der Waals surface area contributed by atoms with E-state index in [1.54, 1.807) is 19.9 Å². The fraction of sp³-hybridized carbons (Fsp3) is 0.267. The Kier molecular flexibility index (Phi) is 3.81. The first-order chi connectivity index (χ1) is 9.43. The zero-order valence-corrected chi connectivity index (χ0v) is 11.3. The second kappa shape index (κ2) is 5.38. The molecule has 0 aliphatic carbocycles. The Balaban J connectivity index is 2.66. The summed E-state index contributed by atoms with van der Waals surface area (Å²) in [6.07, 6.45) is 1.89. The number of rotatable bonds is 3. The minimum absolute atomic E-state index is 0.0541. The van der Waals surface area contributed by atoms with Crippen LogP contribution in [-0.2, 0) is 6.42 Å². The summed E-state index contributed by atoms with van der Waals surface area (Å²) in [6.45, 7) is 3.25. The van der Waals surface area contributed by atoms with E-state index in [9.17, 15) is 15.0 Å². The smallest absolute Gasteiger partial charge is 0.196 e. The quantitative estimate of drug-likeness (QED) is 0.746. The van der Waals surface area contributed by atoms with E-state index >= 15 is 0 Å². The maximum Gasteiger partial charge on any atom is 0.196 e. The molecule has 0 aliphatic heterocycles. The zero-order valence-electron chi connectivity index (χ0n) is 11.3. The predicted molar refractivity (Wildman–Crippen MR) is 75.1 cm³/mol. The van der Waals surface area contributed by atoms with Gasteiger partial charge in [0.2, 0.25) is 0 Å². The summed E-state index contributed by atoms with van der Waals surface area (Å²) in [5.74, 6) is -0.0217. The number of phenolic OH excluding ortho intramolecular Hbond substituents is 2. The minimum Gasteiger partial charge on any atom is -0.507 e. The van der Waals surface area contributed by atoms with Gasteiger partial charge in [0.05, 0.1) is 6.61 Å². The lowest BCUT2D eigenvalue weighted by molar-refractivity contribution is 0.331. The van der Waals surface area contributed by atoms with Crippen molar-refractivity contribution in [3.05, 3.63) is 45.3 Å². The van der Waals surface area contributed by atoms with Crippen LogP contribution in [0.5, 0.6) is 11.5 Å². The van der Waals surface area contributed by atoms with Crippen molar-refractivity contribution in [2.24, 2.45) is 0 Å². The highest BCUT2D eigenvalue weighted by Crippen LogP contribution is 2.34. The number of hydrogen-bond acceptors (Lipinski definition) is 5. The molecule has 1 aromatic carbocycles. The molecule has 1 aromatic heterocycles. The van der Waals surface area contributed by atoms with Gasteiger partial charge in [-0.05, 0) is 20.3 Å². The molecule has 0 spiro atoms. The highest BCUT2D eigenvalue weighted by Gasteiger charge is 2.16. The van der Waals surface area contributed by atoms with Crippen LogP contribution in [0.15, 0.2) is 33.0 Å². The summed E-state index contributed by atoms with van der Waals surface area (Å²) in [7, 11) is 0. The van der Waals surface area contributed by atoms with E-state index in [-0.39, 0.29) is 46.5 Å². The fourth-order valence-electron chi connectivity index (χ4n) is 1.99. The molecule has 0 bridgehead atoms. The Labute approximate surface area is 115 Å². The summed E-state index contributed by atoms with van der Waals surface area (Å²) < 4.78 is 5.33. The Morgan fingerprint density at radius 2 is 2.05 bits per heavy atom. The average Bonchev–Trinajstić information content (AvgIpc) is 2.36. The Morgan fingerprint density at radius 3 is 2.70 bits per heavy atom. The van der Waals surface area contributed by atoms with Gasteiger partial charge in [-0.1, -0.05) is 11.6 Å². The number of aromatic hydroxyl groups is 2. The van der Waals surface area contributed by atoms with Crippen LogP contribution in [0, 0.1) is 6.92 Å². The van der Waals surface area contributed by atoms with E-state index in [1.807, 2.05) is 0 Å². The average molecular weight is 276 g/mol. The topological polar surface area (TPSA) is 90.9 Å². The summed E-state index contributed by atoms with van der Waals surface area (Å²) in [4.78, 5) is 11.9. The van der Waals surface area contributed by atoms with Crippen molar-refractivity contribution in [3.8, 4) is 11.5 Å². The van der Waals surface area contributed by atoms with E-state index in [0.29, 0.717) is 11.3 Å². The van der Waals surface area contributed by atoms with E-state index in [0.717, 1.165) is 0 Å². The first kappa shape index (κ1) is 14.1. The first-order valence-corrected chi connectivity index (χ1v) is 6.18. The molecule has 0 saturated carbocycles. The van der Waals surface area contributed by atoms with Crippen molar-refractivity contribution in [1.29, 1.82) is 0 Å². The van der Waals surface area contributed by atoms with E-state index in [4.69, 9.17) is 9.52 Å². The maximum atomic E-state index is 11.9. The zero-order chi connectivity index (χ0) is 14.9. The van der Waals surface area contributed by atoms with E-state index < -0.39 is 0 Å². The van der Waals surface area contributed by atoms with E-state index in [2.05, 4.69) is 0 Å². The van der Waals surface area contributed by atoms with Gasteiger partial charge >= 0.3 is 0 Å². The molecule has 2 rings (SSSR count). The van der Waals surface area contributed by atoms with Crippen molar-refractivity contribution >= 4 is 11.0 Å². The lowest BCUT2D eigenvalue weighted by Gasteiger charge is -2.09. The van der Waals surface area contributed by atoms with Crippen LogP contribution in [0.1, 0.15) is 18.2 Å². The molecule has 1 heterocycles. The van der Waals surface area contributed by atoms with Crippen molar-refractivity contribution < 1.29 is 19.7 Å². The second-order valence-electron chi connectivity index (χ2n) is 4.73. The molecule has 5 heteroatoms. The standard InChI is InChI=1S/C15H16O5/c1-8(7-16)3-4-10-11(17)6-13-14(15(10)19)12(18)5-9(2)20-13/h3,5-6,16-17,19H,4,7H2,1-2H3/b8-3+. The summed E-state index contributed by atoms with van der Waals surface area (Å²) in [5.41, 5.74) is 0.739. The lowest BCUT2D eigenvalue weighted by Crippen LogP contribution is -2.02. The number of aliphatic hydroxyl groups excluding tert-OH is 1. The maximum absolute atomic E-state index is 11.9. The van der Waals surface area contributed by atoms with Crippen molar-refractivity contribution in [1.82, 2.24) is 0 Å². The van der Waals surface area contributed by atoms with Crippen LogP contribution in [0.4, 0.5) is 0 Å². The molecule has 0 radical (unpaired) electrons. The van der Waals surface area contributed by atoms with Gasteiger partial charge in [-0.15, -0.1) is 0 Å². The first-order valence-electron chi connectivity index (χ1n) is 6.18. The van der Waals surface area contributed by atoms with Crippen LogP contribution in [-0.4, -0.2) is 21.9 Å². The summed E-state index contributed by atoms with van der Waals surface area (Å²) in [6, 6.07) is 2.61. The monoisotopic (exact) mass is 276 g/mol. The van der Waals surface area contributed by atoms with Gasteiger partial charge in [-0.25, -0.2) is 0 Å². The third kappa shape index (κ3) is 2.53. The van der Waals surface area contributed by atoms with Crippen LogP contribution in [0.3, 0.4) is 0 Å². The van der Waals surface area contributed by atoms with Crippen molar-refractivity contribution in [3.63, 3.8) is 0 Å². The highest BCUT2D eigenvalue weighted by atomic mass is 16.3. The Morgan fingerprint density at radius 1 is 1.35 bits per heavy atom. The third-order valence-corrected chi connectivity index (χ3v) is 3.10. The third-order valence-electron chi connectivity index (χ3n) is 3.10. The van der Waals surface area contributed by atoms with Gasteiger partial charge in [0.15, 0.2) is 5.43 Å². The molecular weight excluding hydrogens is 260 g/mol. The Bertz CT molecular complexity index is 740. The van der Waals surface area contributed by atoms with Crippen molar-refractivity contribution in [2.45, 2.75) is 20.3 Å². The number of benzene rings is 1. The molecule has 5 nitrogen and oxygen atoms in total. The van der Waals surface area contributed by atoms with E-state index in [1.165, 1.54) is 12.1 Å². The predicted octanol–water partition coefficient (Wildman–Crippen LogP) is 1.99. The number of aryl methyl sites for hydroxylation is 1. The molecule has 3 N–H and O–H groups in total. The normalized spacial score (nSPS) is 12.1. The van der Waals surface area contributed by atoms with Crippen molar-refractivity contribution in [2.75, 3.05) is 6.61 Å². The molecule has 0 atom stereocenters. The number of hydrogen-bond donors (Lipinski definition) is 3. The van der Waals surface area contributed by atoms with Crippen LogP contribution >= 0.6 is 0 Å². The summed E-state index contributed by atoms with van der Waals surface area (Å²) in [5, 5.41) is 29.1. The van der Waals surface area contributed by atoms with Crippen LogP contribution < -0.4 is 5.43 Å². The lowest BCUT2D eigenvalue weighted by atomic mass is 10.0. The molecule has 0 amide bonds. The molecule has 0 saturated heterocycles. The van der Waals surface area contributed by atoms with Gasteiger partial charge in [-0.3, -0.25) is 4.79 Å². The van der Waals surface area contributed by atoms with Gasteiger partial charge in [0.25, 0.3) is 0 Å².